The Bertz CT molecular complexity index is 554. The monoisotopic (exact) mass is 358 g/mol. The molecule has 0 aliphatic carbocycles. The second kappa shape index (κ2) is 9.38. The van der Waals surface area contributed by atoms with E-state index in [9.17, 15) is 4.79 Å². The lowest BCUT2D eigenvalue weighted by Crippen LogP contribution is -2.56. The standard InChI is InChI=1S/C21H34N4O/c1-18(2)15-23-11-13-25(14-12-23)21(26)22-20-9-6-10-24(17-20)16-19-7-4-3-5-8-19/h3-5,7-8,18,20H,6,9-17H2,1-2H3,(H,22,26). The summed E-state index contributed by atoms with van der Waals surface area (Å²) in [5.41, 5.74) is 1.35. The molecular weight excluding hydrogens is 324 g/mol. The number of nitrogens with one attached hydrogen (secondary N) is 1. The van der Waals surface area contributed by atoms with Crippen LogP contribution < -0.4 is 5.32 Å². The number of urea groups is 1. The van der Waals surface area contributed by atoms with Gasteiger partial charge < -0.3 is 10.2 Å². The molecule has 26 heavy (non-hydrogen) atoms. The van der Waals surface area contributed by atoms with Crippen molar-refractivity contribution in [3.05, 3.63) is 35.9 Å². The van der Waals surface area contributed by atoms with E-state index in [2.05, 4.69) is 59.3 Å². The highest BCUT2D eigenvalue weighted by Crippen LogP contribution is 2.14. The summed E-state index contributed by atoms with van der Waals surface area (Å²) in [6, 6.07) is 11.0. The van der Waals surface area contributed by atoms with E-state index in [0.717, 1.165) is 65.2 Å². The van der Waals surface area contributed by atoms with Gasteiger partial charge in [-0.3, -0.25) is 9.80 Å². The summed E-state index contributed by atoms with van der Waals surface area (Å²) in [5.74, 6) is 0.688. The molecule has 5 heteroatoms. The Kier molecular flexibility index (Phi) is 6.92. The van der Waals surface area contributed by atoms with Gasteiger partial charge in [0, 0.05) is 51.9 Å². The third-order valence-corrected chi connectivity index (χ3v) is 5.36. The normalized spacial score (nSPS) is 22.6. The molecule has 1 aromatic carbocycles. The summed E-state index contributed by atoms with van der Waals surface area (Å²) in [5, 5.41) is 3.29. The van der Waals surface area contributed by atoms with E-state index in [1.54, 1.807) is 0 Å². The Balaban J connectivity index is 1.43. The van der Waals surface area contributed by atoms with Gasteiger partial charge in [0.05, 0.1) is 0 Å². The highest BCUT2D eigenvalue weighted by molar-refractivity contribution is 5.74. The first-order valence-corrected chi connectivity index (χ1v) is 10.1. The minimum atomic E-state index is 0.126. The van der Waals surface area contributed by atoms with Crippen molar-refractivity contribution in [2.75, 3.05) is 45.8 Å². The van der Waals surface area contributed by atoms with Crippen molar-refractivity contribution in [2.24, 2.45) is 5.92 Å². The average Bonchev–Trinajstić information content (AvgIpc) is 2.63. The molecule has 144 valence electrons. The number of amides is 2. The van der Waals surface area contributed by atoms with Crippen LogP contribution in [-0.4, -0.2) is 72.6 Å². The number of nitrogens with zero attached hydrogens (tertiary/aromatic N) is 3. The number of rotatable bonds is 5. The first kappa shape index (κ1) is 19.2. The summed E-state index contributed by atoms with van der Waals surface area (Å²) < 4.78 is 0. The first-order valence-electron chi connectivity index (χ1n) is 10.1. The van der Waals surface area contributed by atoms with E-state index in [4.69, 9.17) is 0 Å². The summed E-state index contributed by atoms with van der Waals surface area (Å²) in [7, 11) is 0. The van der Waals surface area contributed by atoms with Gasteiger partial charge in [-0.2, -0.15) is 0 Å². The van der Waals surface area contributed by atoms with E-state index in [0.29, 0.717) is 5.92 Å². The highest BCUT2D eigenvalue weighted by atomic mass is 16.2. The molecule has 5 nitrogen and oxygen atoms in total. The van der Waals surface area contributed by atoms with Crippen LogP contribution in [-0.2, 0) is 6.54 Å². The summed E-state index contributed by atoms with van der Waals surface area (Å²) in [6.45, 7) is 12.4. The molecule has 1 N–H and O–H groups in total. The minimum Gasteiger partial charge on any atom is -0.334 e. The van der Waals surface area contributed by atoms with Gasteiger partial charge in [0.15, 0.2) is 0 Å². The zero-order chi connectivity index (χ0) is 18.4. The molecule has 0 aromatic heterocycles. The second-order valence-electron chi connectivity index (χ2n) is 8.19. The first-order chi connectivity index (χ1) is 12.6. The molecule has 2 heterocycles. The molecule has 1 unspecified atom stereocenters. The zero-order valence-corrected chi connectivity index (χ0v) is 16.4. The number of hydrogen-bond donors (Lipinski definition) is 1. The van der Waals surface area contributed by atoms with Crippen molar-refractivity contribution in [3.63, 3.8) is 0 Å². The van der Waals surface area contributed by atoms with Gasteiger partial charge in [0.25, 0.3) is 0 Å². The van der Waals surface area contributed by atoms with Crippen LogP contribution >= 0.6 is 0 Å². The average molecular weight is 359 g/mol. The van der Waals surface area contributed by atoms with Crippen molar-refractivity contribution in [1.82, 2.24) is 20.0 Å². The fraction of sp³-hybridized carbons (Fsp3) is 0.667. The Labute approximate surface area is 158 Å². The third kappa shape index (κ3) is 5.71. The van der Waals surface area contributed by atoms with Gasteiger partial charge in [0.1, 0.15) is 0 Å². The van der Waals surface area contributed by atoms with Crippen LogP contribution in [0.15, 0.2) is 30.3 Å². The number of carbonyl (C=O) groups excluding carboxylic acids is 1. The molecule has 0 saturated carbocycles. The number of piperidine rings is 1. The van der Waals surface area contributed by atoms with E-state index in [1.807, 2.05) is 4.90 Å². The van der Waals surface area contributed by atoms with Gasteiger partial charge in [-0.15, -0.1) is 0 Å². The molecule has 1 aromatic rings. The number of carbonyl (C=O) groups is 1. The van der Waals surface area contributed by atoms with Gasteiger partial charge in [0.2, 0.25) is 0 Å². The van der Waals surface area contributed by atoms with Crippen molar-refractivity contribution >= 4 is 6.03 Å². The van der Waals surface area contributed by atoms with Crippen molar-refractivity contribution in [1.29, 1.82) is 0 Å². The quantitative estimate of drug-likeness (QED) is 0.879. The predicted molar refractivity (Wildman–Crippen MR) is 106 cm³/mol. The van der Waals surface area contributed by atoms with Crippen LogP contribution in [0.2, 0.25) is 0 Å². The smallest absolute Gasteiger partial charge is 0.317 e. The van der Waals surface area contributed by atoms with Gasteiger partial charge in [-0.25, -0.2) is 4.79 Å². The molecule has 2 amide bonds. The maximum Gasteiger partial charge on any atom is 0.317 e. The highest BCUT2D eigenvalue weighted by Gasteiger charge is 2.26. The molecular formula is C21H34N4O. The van der Waals surface area contributed by atoms with Gasteiger partial charge in [-0.1, -0.05) is 44.2 Å². The summed E-state index contributed by atoms with van der Waals surface area (Å²) in [4.78, 5) is 19.6. The van der Waals surface area contributed by atoms with E-state index in [-0.39, 0.29) is 12.1 Å². The lowest BCUT2D eigenvalue weighted by Gasteiger charge is -2.38. The largest absolute Gasteiger partial charge is 0.334 e. The maximum atomic E-state index is 12.6. The Morgan fingerprint density at radius 3 is 2.50 bits per heavy atom. The molecule has 0 spiro atoms. The number of likely N-dealkylation sites (tertiary alicyclic amines) is 1. The molecule has 2 fully saturated rings. The van der Waals surface area contributed by atoms with Crippen LogP contribution in [0, 0.1) is 5.92 Å². The Morgan fingerprint density at radius 2 is 1.81 bits per heavy atom. The van der Waals surface area contributed by atoms with Crippen molar-refractivity contribution in [2.45, 2.75) is 39.3 Å². The molecule has 1 atom stereocenters. The topological polar surface area (TPSA) is 38.8 Å². The van der Waals surface area contributed by atoms with Gasteiger partial charge >= 0.3 is 6.03 Å². The van der Waals surface area contributed by atoms with Crippen LogP contribution in [0.3, 0.4) is 0 Å². The number of hydrogen-bond acceptors (Lipinski definition) is 3. The van der Waals surface area contributed by atoms with Crippen molar-refractivity contribution in [3.8, 4) is 0 Å². The Morgan fingerprint density at radius 1 is 1.08 bits per heavy atom. The summed E-state index contributed by atoms with van der Waals surface area (Å²) >= 11 is 0. The lowest BCUT2D eigenvalue weighted by molar-refractivity contribution is 0.123. The van der Waals surface area contributed by atoms with E-state index >= 15 is 0 Å². The molecule has 0 radical (unpaired) electrons. The van der Waals surface area contributed by atoms with Crippen LogP contribution in [0.25, 0.3) is 0 Å². The van der Waals surface area contributed by atoms with Crippen LogP contribution in [0.5, 0.6) is 0 Å². The van der Waals surface area contributed by atoms with Crippen LogP contribution in [0.4, 0.5) is 4.79 Å². The molecule has 2 aliphatic rings. The number of piperazine rings is 1. The lowest BCUT2D eigenvalue weighted by atomic mass is 10.0. The van der Waals surface area contributed by atoms with Crippen molar-refractivity contribution < 1.29 is 4.79 Å². The van der Waals surface area contributed by atoms with E-state index < -0.39 is 0 Å². The SMILES string of the molecule is CC(C)CN1CCN(C(=O)NC2CCCN(Cc3ccccc3)C2)CC1. The second-order valence-corrected chi connectivity index (χ2v) is 8.19. The molecule has 0 bridgehead atoms. The fourth-order valence-electron chi connectivity index (χ4n) is 4.07. The molecule has 2 aliphatic heterocycles. The van der Waals surface area contributed by atoms with Gasteiger partial charge in [-0.05, 0) is 30.9 Å². The zero-order valence-electron chi connectivity index (χ0n) is 16.4. The van der Waals surface area contributed by atoms with Crippen LogP contribution in [0.1, 0.15) is 32.3 Å². The summed E-state index contributed by atoms with van der Waals surface area (Å²) in [6.07, 6.45) is 2.24. The Hall–Kier alpha value is -1.59. The number of benzene rings is 1. The molecule has 3 rings (SSSR count). The molecule has 2 saturated heterocycles. The fourth-order valence-corrected chi connectivity index (χ4v) is 4.07. The minimum absolute atomic E-state index is 0.126. The third-order valence-electron chi connectivity index (χ3n) is 5.36. The van der Waals surface area contributed by atoms with E-state index in [1.165, 1.54) is 5.56 Å². The maximum absolute atomic E-state index is 12.6. The predicted octanol–water partition coefficient (Wildman–Crippen LogP) is 2.63.